The molecule has 64 valence electrons. The molecular weight excluding hydrogens is 148 g/mol. The summed E-state index contributed by atoms with van der Waals surface area (Å²) in [6.45, 7) is 0. The van der Waals surface area contributed by atoms with Crippen molar-refractivity contribution >= 4 is 5.78 Å². The summed E-state index contributed by atoms with van der Waals surface area (Å²) >= 11 is 0. The molecule has 0 heterocycles. The minimum Gasteiger partial charge on any atom is -0.295 e. The van der Waals surface area contributed by atoms with Crippen molar-refractivity contribution in [2.24, 2.45) is 11.3 Å². The smallest absolute Gasteiger partial charge is 0.155 e. The first-order valence-electron chi connectivity index (χ1n) is 5.05. The average Bonchev–Trinajstić information content (AvgIpc) is 2.77. The summed E-state index contributed by atoms with van der Waals surface area (Å²) in [7, 11) is 0. The second kappa shape index (κ2) is 2.01. The quantitative estimate of drug-likeness (QED) is 0.534. The van der Waals surface area contributed by atoms with Crippen LogP contribution in [0.2, 0.25) is 0 Å². The van der Waals surface area contributed by atoms with Crippen LogP contribution in [0.5, 0.6) is 0 Å². The van der Waals surface area contributed by atoms with E-state index in [0.29, 0.717) is 11.2 Å². The Morgan fingerprint density at radius 2 is 2.33 bits per heavy atom. The molecule has 0 bridgehead atoms. The van der Waals surface area contributed by atoms with Gasteiger partial charge in [-0.2, -0.15) is 0 Å². The van der Waals surface area contributed by atoms with Gasteiger partial charge in [0, 0.05) is 6.42 Å². The molecule has 3 rings (SSSR count). The van der Waals surface area contributed by atoms with Crippen molar-refractivity contribution in [3.05, 3.63) is 11.6 Å². The predicted molar refractivity (Wildman–Crippen MR) is 46.7 cm³/mol. The Labute approximate surface area is 72.8 Å². The molecule has 2 unspecified atom stereocenters. The molecule has 1 nitrogen and oxygen atoms in total. The lowest BCUT2D eigenvalue weighted by atomic mass is 9.76. The average molecular weight is 162 g/mol. The number of ketones is 1. The molecule has 1 spiro atoms. The first-order chi connectivity index (χ1) is 5.81. The molecule has 12 heavy (non-hydrogen) atoms. The monoisotopic (exact) mass is 162 g/mol. The van der Waals surface area contributed by atoms with E-state index < -0.39 is 0 Å². The molecule has 1 heteroatoms. The second-order valence-corrected chi connectivity index (χ2v) is 4.59. The Morgan fingerprint density at radius 1 is 1.42 bits per heavy atom. The van der Waals surface area contributed by atoms with Gasteiger partial charge in [-0.25, -0.2) is 0 Å². The van der Waals surface area contributed by atoms with E-state index in [1.165, 1.54) is 37.7 Å². The topological polar surface area (TPSA) is 17.1 Å². The summed E-state index contributed by atoms with van der Waals surface area (Å²) in [6.07, 6.45) is 9.30. The Hall–Kier alpha value is -0.590. The van der Waals surface area contributed by atoms with Gasteiger partial charge < -0.3 is 0 Å². The first kappa shape index (κ1) is 6.88. The minimum atomic E-state index is 0.378. The third-order valence-corrected chi connectivity index (χ3v) is 4.02. The summed E-state index contributed by atoms with van der Waals surface area (Å²) in [6, 6.07) is 0. The Morgan fingerprint density at radius 3 is 3.25 bits per heavy atom. The van der Waals surface area contributed by atoms with E-state index >= 15 is 0 Å². The number of hydrogen-bond acceptors (Lipinski definition) is 1. The van der Waals surface area contributed by atoms with Gasteiger partial charge in [0.15, 0.2) is 5.78 Å². The number of allylic oxidation sites excluding steroid dienone is 2. The van der Waals surface area contributed by atoms with Crippen LogP contribution < -0.4 is 0 Å². The molecule has 2 fully saturated rings. The minimum absolute atomic E-state index is 0.378. The van der Waals surface area contributed by atoms with Gasteiger partial charge in [0.25, 0.3) is 0 Å². The van der Waals surface area contributed by atoms with Crippen LogP contribution in [0.25, 0.3) is 0 Å². The van der Waals surface area contributed by atoms with Crippen molar-refractivity contribution < 1.29 is 4.79 Å². The molecule has 0 saturated heterocycles. The van der Waals surface area contributed by atoms with Gasteiger partial charge in [-0.05, 0) is 49.5 Å². The van der Waals surface area contributed by atoms with Crippen molar-refractivity contribution in [1.29, 1.82) is 0 Å². The summed E-state index contributed by atoms with van der Waals surface area (Å²) < 4.78 is 0. The summed E-state index contributed by atoms with van der Waals surface area (Å²) in [5.41, 5.74) is 2.07. The third kappa shape index (κ3) is 0.720. The number of hydrogen-bond donors (Lipinski definition) is 0. The van der Waals surface area contributed by atoms with Crippen LogP contribution >= 0.6 is 0 Å². The van der Waals surface area contributed by atoms with E-state index in [0.717, 1.165) is 12.3 Å². The van der Waals surface area contributed by atoms with Crippen molar-refractivity contribution in [2.45, 2.75) is 38.5 Å². The lowest BCUT2D eigenvalue weighted by Gasteiger charge is -2.28. The molecule has 3 aliphatic rings. The van der Waals surface area contributed by atoms with Crippen LogP contribution in [-0.2, 0) is 4.79 Å². The molecule has 3 aliphatic carbocycles. The standard InChI is InChI=1S/C11H14O/c12-10-4-5-11-7-9(11)3-1-2-8(11)6-10/h6,9H,1-5,7H2. The molecule has 2 atom stereocenters. The highest BCUT2D eigenvalue weighted by Gasteiger charge is 2.58. The number of carbonyl (C=O) groups excluding carboxylic acids is 1. The normalized spacial score (nSPS) is 44.5. The van der Waals surface area contributed by atoms with Gasteiger partial charge in [0.1, 0.15) is 0 Å². The predicted octanol–water partition coefficient (Wildman–Crippen LogP) is 2.47. The molecular formula is C11H14O. The van der Waals surface area contributed by atoms with Crippen molar-refractivity contribution in [3.63, 3.8) is 0 Å². The van der Waals surface area contributed by atoms with Crippen LogP contribution in [0.1, 0.15) is 38.5 Å². The van der Waals surface area contributed by atoms with Gasteiger partial charge in [-0.15, -0.1) is 0 Å². The van der Waals surface area contributed by atoms with E-state index in [-0.39, 0.29) is 0 Å². The van der Waals surface area contributed by atoms with Gasteiger partial charge in [0.05, 0.1) is 0 Å². The summed E-state index contributed by atoms with van der Waals surface area (Å²) in [4.78, 5) is 11.2. The lowest BCUT2D eigenvalue weighted by molar-refractivity contribution is -0.115. The van der Waals surface area contributed by atoms with Gasteiger partial charge in [-0.1, -0.05) is 5.57 Å². The van der Waals surface area contributed by atoms with Crippen molar-refractivity contribution in [1.82, 2.24) is 0 Å². The molecule has 0 aromatic carbocycles. The molecule has 0 amide bonds. The Kier molecular flexibility index (Phi) is 1.15. The zero-order valence-electron chi connectivity index (χ0n) is 7.31. The third-order valence-electron chi connectivity index (χ3n) is 4.02. The number of rotatable bonds is 0. The summed E-state index contributed by atoms with van der Waals surface area (Å²) in [5.74, 6) is 1.34. The van der Waals surface area contributed by atoms with Crippen LogP contribution in [0.4, 0.5) is 0 Å². The molecule has 0 aromatic rings. The van der Waals surface area contributed by atoms with Crippen molar-refractivity contribution in [3.8, 4) is 0 Å². The molecule has 0 N–H and O–H groups in total. The van der Waals surface area contributed by atoms with Crippen LogP contribution in [0.3, 0.4) is 0 Å². The van der Waals surface area contributed by atoms with E-state index in [2.05, 4.69) is 0 Å². The second-order valence-electron chi connectivity index (χ2n) is 4.59. The lowest BCUT2D eigenvalue weighted by Crippen LogP contribution is -2.20. The fourth-order valence-corrected chi connectivity index (χ4v) is 3.24. The van der Waals surface area contributed by atoms with Crippen molar-refractivity contribution in [2.75, 3.05) is 0 Å². The molecule has 2 saturated carbocycles. The van der Waals surface area contributed by atoms with Crippen LogP contribution in [-0.4, -0.2) is 5.78 Å². The zero-order valence-corrected chi connectivity index (χ0v) is 7.31. The maximum Gasteiger partial charge on any atom is 0.155 e. The highest BCUT2D eigenvalue weighted by molar-refractivity contribution is 5.92. The Balaban J connectivity index is 2.00. The highest BCUT2D eigenvalue weighted by atomic mass is 16.1. The van der Waals surface area contributed by atoms with E-state index in [4.69, 9.17) is 0 Å². The Bertz CT molecular complexity index is 277. The highest BCUT2D eigenvalue weighted by Crippen LogP contribution is 2.67. The van der Waals surface area contributed by atoms with Crippen LogP contribution in [0.15, 0.2) is 11.6 Å². The fourth-order valence-electron chi connectivity index (χ4n) is 3.24. The maximum absolute atomic E-state index is 11.2. The molecule has 0 aromatic heterocycles. The largest absolute Gasteiger partial charge is 0.295 e. The molecule has 0 radical (unpaired) electrons. The van der Waals surface area contributed by atoms with Gasteiger partial charge in [-0.3, -0.25) is 4.79 Å². The number of carbonyl (C=O) groups is 1. The van der Waals surface area contributed by atoms with Crippen LogP contribution in [0, 0.1) is 11.3 Å². The maximum atomic E-state index is 11.2. The summed E-state index contributed by atoms with van der Waals surface area (Å²) in [5, 5.41) is 0. The molecule has 0 aliphatic heterocycles. The first-order valence-corrected chi connectivity index (χ1v) is 5.05. The van der Waals surface area contributed by atoms with Gasteiger partial charge >= 0.3 is 0 Å². The van der Waals surface area contributed by atoms with E-state index in [9.17, 15) is 4.79 Å². The SMILES string of the molecule is O=C1C=C2CCCC3CC23CC1. The van der Waals surface area contributed by atoms with Gasteiger partial charge in [0.2, 0.25) is 0 Å². The van der Waals surface area contributed by atoms with E-state index in [1.54, 1.807) is 0 Å². The zero-order chi connectivity index (χ0) is 8.18. The van der Waals surface area contributed by atoms with E-state index in [1.807, 2.05) is 6.08 Å². The fraction of sp³-hybridized carbons (Fsp3) is 0.727.